The first kappa shape index (κ1) is 12.9. The molecule has 1 saturated carbocycles. The summed E-state index contributed by atoms with van der Waals surface area (Å²) in [6.07, 6.45) is 1.52. The molecule has 0 saturated heterocycles. The summed E-state index contributed by atoms with van der Waals surface area (Å²) in [7, 11) is -3.08. The predicted octanol–water partition coefficient (Wildman–Crippen LogP) is 0.123. The number of rotatable bonds is 4. The second kappa shape index (κ2) is 4.39. The second-order valence-corrected chi connectivity index (χ2v) is 7.23. The summed E-state index contributed by atoms with van der Waals surface area (Å²) in [6.45, 7) is 4.46. The van der Waals surface area contributed by atoms with Crippen molar-refractivity contribution in [2.24, 2.45) is 23.3 Å². The molecule has 0 amide bonds. The predicted molar refractivity (Wildman–Crippen MR) is 62.2 cm³/mol. The van der Waals surface area contributed by atoms with Gasteiger partial charge in [-0.2, -0.15) is 0 Å². The molecule has 4 nitrogen and oxygen atoms in total. The van der Waals surface area contributed by atoms with Crippen LogP contribution in [0.15, 0.2) is 0 Å². The standard InChI is InChI=1S/C10H22N2O2S/c1-3-15(13,14)10(7-12)5-9(6-11)4-8(10)2/h8-9H,3-7,11-12H2,1-2H3/t8-,9-,10-/m0/s1. The number of sulfone groups is 1. The Morgan fingerprint density at radius 3 is 2.33 bits per heavy atom. The summed E-state index contributed by atoms with van der Waals surface area (Å²) < 4.78 is 23.5. The minimum Gasteiger partial charge on any atom is -0.330 e. The van der Waals surface area contributed by atoms with E-state index in [1.807, 2.05) is 6.92 Å². The summed E-state index contributed by atoms with van der Waals surface area (Å²) in [5, 5.41) is 0. The highest BCUT2D eigenvalue weighted by Gasteiger charge is 2.51. The van der Waals surface area contributed by atoms with Crippen LogP contribution in [0.2, 0.25) is 0 Å². The highest BCUT2D eigenvalue weighted by atomic mass is 32.2. The number of nitrogens with two attached hydrogens (primary N) is 2. The van der Waals surface area contributed by atoms with E-state index < -0.39 is 14.6 Å². The minimum atomic E-state index is -3.08. The van der Waals surface area contributed by atoms with E-state index in [0.29, 0.717) is 18.9 Å². The molecule has 0 heterocycles. The SMILES string of the molecule is CCS(=O)(=O)[C@]1(CN)C[C@@H](CN)C[C@@H]1C. The van der Waals surface area contributed by atoms with Crippen LogP contribution < -0.4 is 11.5 Å². The zero-order valence-corrected chi connectivity index (χ0v) is 10.4. The summed E-state index contributed by atoms with van der Waals surface area (Å²) in [6, 6.07) is 0. The van der Waals surface area contributed by atoms with Crippen LogP contribution in [0.25, 0.3) is 0 Å². The van der Waals surface area contributed by atoms with Crippen molar-refractivity contribution in [3.63, 3.8) is 0 Å². The first-order valence-corrected chi connectivity index (χ1v) is 7.21. The van der Waals surface area contributed by atoms with E-state index in [4.69, 9.17) is 11.5 Å². The monoisotopic (exact) mass is 234 g/mol. The van der Waals surface area contributed by atoms with Gasteiger partial charge in [-0.3, -0.25) is 0 Å². The Labute approximate surface area is 92.3 Å². The molecule has 1 aliphatic carbocycles. The lowest BCUT2D eigenvalue weighted by Crippen LogP contribution is -2.48. The van der Waals surface area contributed by atoms with Gasteiger partial charge in [-0.1, -0.05) is 13.8 Å². The van der Waals surface area contributed by atoms with Gasteiger partial charge in [0.2, 0.25) is 0 Å². The van der Waals surface area contributed by atoms with Gasteiger partial charge < -0.3 is 11.5 Å². The molecule has 3 atom stereocenters. The molecule has 1 rings (SSSR count). The maximum absolute atomic E-state index is 12.1. The van der Waals surface area contributed by atoms with Crippen LogP contribution >= 0.6 is 0 Å². The van der Waals surface area contributed by atoms with Gasteiger partial charge in [0.15, 0.2) is 9.84 Å². The second-order valence-electron chi connectivity index (χ2n) is 4.61. The molecule has 0 unspecified atom stereocenters. The van der Waals surface area contributed by atoms with E-state index in [2.05, 4.69) is 0 Å². The van der Waals surface area contributed by atoms with E-state index in [0.717, 1.165) is 6.42 Å². The Balaban J connectivity index is 3.06. The molecule has 0 bridgehead atoms. The van der Waals surface area contributed by atoms with Crippen LogP contribution in [-0.2, 0) is 9.84 Å². The Kier molecular flexibility index (Phi) is 3.79. The summed E-state index contributed by atoms with van der Waals surface area (Å²) in [5.74, 6) is 0.608. The van der Waals surface area contributed by atoms with Crippen molar-refractivity contribution in [2.75, 3.05) is 18.8 Å². The lowest BCUT2D eigenvalue weighted by atomic mass is 9.97. The molecule has 5 heteroatoms. The lowest BCUT2D eigenvalue weighted by molar-refractivity contribution is 0.433. The normalized spacial score (nSPS) is 37.1. The fourth-order valence-corrected chi connectivity index (χ4v) is 4.83. The van der Waals surface area contributed by atoms with Gasteiger partial charge >= 0.3 is 0 Å². The van der Waals surface area contributed by atoms with Gasteiger partial charge in [-0.05, 0) is 31.2 Å². The molecule has 0 aromatic rings. The minimum absolute atomic E-state index is 0.126. The van der Waals surface area contributed by atoms with Crippen molar-refractivity contribution in [1.29, 1.82) is 0 Å². The summed E-state index contributed by atoms with van der Waals surface area (Å²) in [4.78, 5) is 0. The van der Waals surface area contributed by atoms with Crippen LogP contribution in [0.5, 0.6) is 0 Å². The Bertz CT molecular complexity index is 315. The van der Waals surface area contributed by atoms with Crippen molar-refractivity contribution in [2.45, 2.75) is 31.4 Å². The maximum Gasteiger partial charge on any atom is 0.157 e. The van der Waals surface area contributed by atoms with Crippen molar-refractivity contribution < 1.29 is 8.42 Å². The van der Waals surface area contributed by atoms with Crippen LogP contribution in [-0.4, -0.2) is 32.0 Å². The fraction of sp³-hybridized carbons (Fsp3) is 1.00. The van der Waals surface area contributed by atoms with Crippen molar-refractivity contribution >= 4 is 9.84 Å². The van der Waals surface area contributed by atoms with Gasteiger partial charge in [-0.15, -0.1) is 0 Å². The number of hydrogen-bond acceptors (Lipinski definition) is 4. The third-order valence-corrected chi connectivity index (χ3v) is 6.63. The van der Waals surface area contributed by atoms with Gasteiger partial charge in [0, 0.05) is 12.3 Å². The molecule has 0 aromatic carbocycles. The smallest absolute Gasteiger partial charge is 0.157 e. The van der Waals surface area contributed by atoms with E-state index in [1.165, 1.54) is 0 Å². The highest BCUT2D eigenvalue weighted by Crippen LogP contribution is 2.44. The molecular formula is C10H22N2O2S. The zero-order chi connectivity index (χ0) is 11.7. The van der Waals surface area contributed by atoms with E-state index in [-0.39, 0.29) is 18.2 Å². The summed E-state index contributed by atoms with van der Waals surface area (Å²) >= 11 is 0. The Morgan fingerprint density at radius 1 is 1.40 bits per heavy atom. The average Bonchev–Trinajstić information content (AvgIpc) is 2.56. The first-order valence-electron chi connectivity index (χ1n) is 5.56. The molecule has 1 aliphatic rings. The van der Waals surface area contributed by atoms with Gasteiger partial charge in [0.25, 0.3) is 0 Å². The quantitative estimate of drug-likeness (QED) is 0.723. The zero-order valence-electron chi connectivity index (χ0n) is 9.57. The molecule has 4 N–H and O–H groups in total. The van der Waals surface area contributed by atoms with Crippen molar-refractivity contribution in [1.82, 2.24) is 0 Å². The Hall–Kier alpha value is -0.130. The third kappa shape index (κ3) is 1.92. The third-order valence-electron chi connectivity index (χ3n) is 3.90. The molecule has 1 fully saturated rings. The topological polar surface area (TPSA) is 86.2 Å². The Morgan fingerprint density at radius 2 is 2.00 bits per heavy atom. The maximum atomic E-state index is 12.1. The van der Waals surface area contributed by atoms with Gasteiger partial charge in [0.05, 0.1) is 4.75 Å². The van der Waals surface area contributed by atoms with Gasteiger partial charge in [-0.25, -0.2) is 8.42 Å². The molecule has 0 radical (unpaired) electrons. The fourth-order valence-electron chi connectivity index (χ4n) is 2.80. The van der Waals surface area contributed by atoms with Crippen molar-refractivity contribution in [3.8, 4) is 0 Å². The van der Waals surface area contributed by atoms with E-state index in [9.17, 15) is 8.42 Å². The highest BCUT2D eigenvalue weighted by molar-refractivity contribution is 7.92. The number of hydrogen-bond donors (Lipinski definition) is 2. The van der Waals surface area contributed by atoms with E-state index >= 15 is 0 Å². The molecule has 15 heavy (non-hydrogen) atoms. The summed E-state index contributed by atoms with van der Waals surface area (Å²) in [5.41, 5.74) is 11.3. The van der Waals surface area contributed by atoms with Crippen molar-refractivity contribution in [3.05, 3.63) is 0 Å². The van der Waals surface area contributed by atoms with Crippen LogP contribution in [0.3, 0.4) is 0 Å². The largest absolute Gasteiger partial charge is 0.330 e. The molecule has 90 valence electrons. The lowest BCUT2D eigenvalue weighted by Gasteiger charge is -2.31. The van der Waals surface area contributed by atoms with Crippen LogP contribution in [0.1, 0.15) is 26.7 Å². The van der Waals surface area contributed by atoms with E-state index in [1.54, 1.807) is 6.92 Å². The molecule has 0 spiro atoms. The van der Waals surface area contributed by atoms with Crippen LogP contribution in [0.4, 0.5) is 0 Å². The molecule has 0 aromatic heterocycles. The average molecular weight is 234 g/mol. The molecular weight excluding hydrogens is 212 g/mol. The van der Waals surface area contributed by atoms with Gasteiger partial charge in [0.1, 0.15) is 0 Å². The van der Waals surface area contributed by atoms with Crippen LogP contribution in [0, 0.1) is 11.8 Å². The first-order chi connectivity index (χ1) is 6.93. The molecule has 0 aliphatic heterocycles.